The first-order valence-corrected chi connectivity index (χ1v) is 11.5. The van der Waals surface area contributed by atoms with Gasteiger partial charge in [0, 0.05) is 18.1 Å². The minimum atomic E-state index is -0.119. The monoisotopic (exact) mass is 475 g/mol. The number of carbonyl (C=O) groups excluding carboxylic acids is 1. The number of hydrogen-bond donors (Lipinski definition) is 0. The number of ketones is 1. The highest BCUT2D eigenvalue weighted by Gasteiger charge is 2.35. The van der Waals surface area contributed by atoms with Gasteiger partial charge in [-0.05, 0) is 66.4 Å². The highest BCUT2D eigenvalue weighted by Crippen LogP contribution is 2.44. The van der Waals surface area contributed by atoms with Gasteiger partial charge >= 0.3 is 0 Å². The van der Waals surface area contributed by atoms with Gasteiger partial charge in [-0.2, -0.15) is 0 Å². The summed E-state index contributed by atoms with van der Waals surface area (Å²) in [4.78, 5) is 15.5. The van der Waals surface area contributed by atoms with Crippen LogP contribution in [0, 0.1) is 6.92 Å². The van der Waals surface area contributed by atoms with Crippen molar-refractivity contribution in [2.24, 2.45) is 0 Å². The second-order valence-corrected chi connectivity index (χ2v) is 9.07. The van der Waals surface area contributed by atoms with Gasteiger partial charge in [-0.25, -0.2) is 0 Å². The van der Waals surface area contributed by atoms with Crippen LogP contribution >= 0.6 is 11.6 Å². The Kier molecular flexibility index (Phi) is 5.20. The van der Waals surface area contributed by atoms with E-state index >= 15 is 0 Å². The molecule has 0 spiro atoms. The molecule has 0 aromatic heterocycles. The lowest BCUT2D eigenvalue weighted by Gasteiger charge is -2.30. The largest absolute Gasteiger partial charge is 0.478 e. The first-order valence-electron chi connectivity index (χ1n) is 11.1. The molecule has 34 heavy (non-hydrogen) atoms. The zero-order chi connectivity index (χ0) is 23.2. The van der Waals surface area contributed by atoms with Crippen LogP contribution < -0.4 is 18.9 Å². The van der Waals surface area contributed by atoms with E-state index in [1.54, 1.807) is 6.08 Å². The molecule has 0 amide bonds. The third-order valence-electron chi connectivity index (χ3n) is 6.31. The Morgan fingerprint density at radius 3 is 2.68 bits per heavy atom. The van der Waals surface area contributed by atoms with E-state index in [4.69, 9.17) is 30.5 Å². The number of carbonyl (C=O) groups is 1. The van der Waals surface area contributed by atoms with Gasteiger partial charge in [0.1, 0.15) is 18.2 Å². The molecule has 0 aliphatic carbocycles. The summed E-state index contributed by atoms with van der Waals surface area (Å²) in [6, 6.07) is 15.4. The predicted octanol–water partition coefficient (Wildman–Crippen LogP) is 5.39. The molecule has 0 saturated carbocycles. The van der Waals surface area contributed by atoms with Gasteiger partial charge in [0.05, 0.1) is 11.1 Å². The zero-order valence-electron chi connectivity index (χ0n) is 18.6. The highest BCUT2D eigenvalue weighted by atomic mass is 35.5. The molecule has 3 aromatic rings. The molecule has 3 heterocycles. The van der Waals surface area contributed by atoms with Crippen molar-refractivity contribution in [3.63, 3.8) is 0 Å². The van der Waals surface area contributed by atoms with Crippen LogP contribution in [0.4, 0.5) is 0 Å². The summed E-state index contributed by atoms with van der Waals surface area (Å²) in [5.74, 6) is 2.91. The van der Waals surface area contributed by atoms with Gasteiger partial charge in [-0.3, -0.25) is 9.69 Å². The van der Waals surface area contributed by atoms with Crippen LogP contribution in [0.2, 0.25) is 5.02 Å². The minimum Gasteiger partial charge on any atom is -0.478 e. The van der Waals surface area contributed by atoms with Gasteiger partial charge < -0.3 is 18.9 Å². The quantitative estimate of drug-likeness (QED) is 0.472. The Morgan fingerprint density at radius 1 is 1.00 bits per heavy atom. The molecule has 3 aliphatic rings. The van der Waals surface area contributed by atoms with Gasteiger partial charge in [0.2, 0.25) is 12.6 Å². The van der Waals surface area contributed by atoms with Crippen molar-refractivity contribution in [3.8, 4) is 23.0 Å². The number of benzene rings is 3. The number of rotatable bonds is 4. The molecule has 0 fully saturated rings. The number of hydrogen-bond acceptors (Lipinski definition) is 6. The van der Waals surface area contributed by atoms with E-state index in [-0.39, 0.29) is 12.6 Å². The molecule has 3 aromatic carbocycles. The standard InChI is InChI=1S/C27H22ClNO5/c1-16-10-22-20(13-29(14-31-22)9-8-17-2-5-19(28)6-3-17)27-25(16)26(30)24(34-27)12-18-4-7-21-23(11-18)33-15-32-21/h2-7,10-12H,8-9,13-15H2,1H3/b24-12+. The third kappa shape index (κ3) is 3.79. The second-order valence-electron chi connectivity index (χ2n) is 8.63. The molecule has 3 aliphatic heterocycles. The number of nitrogens with zero attached hydrogens (tertiary/aromatic N) is 1. The SMILES string of the molecule is Cc1cc2c(c3c1C(=O)/C(=C\c1ccc4c(c1)OCO4)O3)CN(CCc1ccc(Cl)cc1)CO2. The predicted molar refractivity (Wildman–Crippen MR) is 128 cm³/mol. The lowest BCUT2D eigenvalue weighted by Crippen LogP contribution is -2.33. The Hall–Kier alpha value is -3.48. The first kappa shape index (κ1) is 21.1. The first-order chi connectivity index (χ1) is 16.5. The van der Waals surface area contributed by atoms with Crippen LogP contribution in [0.1, 0.15) is 32.6 Å². The maximum atomic E-state index is 13.2. The number of Topliss-reactive ketones (excluding diaryl/α,β-unsaturated/α-hetero) is 1. The topological polar surface area (TPSA) is 57.2 Å². The van der Waals surface area contributed by atoms with Crippen LogP contribution in [0.5, 0.6) is 23.0 Å². The minimum absolute atomic E-state index is 0.119. The summed E-state index contributed by atoms with van der Waals surface area (Å²) in [5, 5.41) is 0.733. The molecule has 6 rings (SSSR count). The van der Waals surface area contributed by atoms with Crippen LogP contribution in [0.3, 0.4) is 0 Å². The normalized spacial score (nSPS) is 17.4. The molecule has 0 bridgehead atoms. The lowest BCUT2D eigenvalue weighted by atomic mass is 9.98. The summed E-state index contributed by atoms with van der Waals surface area (Å²) < 4.78 is 23.0. The maximum Gasteiger partial charge on any atom is 0.232 e. The molecule has 0 N–H and O–H groups in total. The number of fused-ring (bicyclic) bond motifs is 4. The summed E-state index contributed by atoms with van der Waals surface area (Å²) in [6.07, 6.45) is 2.62. The van der Waals surface area contributed by atoms with E-state index in [1.165, 1.54) is 5.56 Å². The van der Waals surface area contributed by atoms with E-state index in [9.17, 15) is 4.79 Å². The van der Waals surface area contributed by atoms with E-state index < -0.39 is 0 Å². The third-order valence-corrected chi connectivity index (χ3v) is 6.56. The summed E-state index contributed by atoms with van der Waals surface area (Å²) >= 11 is 5.99. The fraction of sp³-hybridized carbons (Fsp3) is 0.222. The van der Waals surface area contributed by atoms with Gasteiger partial charge in [-0.15, -0.1) is 0 Å². The second kappa shape index (κ2) is 8.38. The lowest BCUT2D eigenvalue weighted by molar-refractivity contribution is 0.0949. The molecule has 0 radical (unpaired) electrons. The molecule has 0 saturated heterocycles. The molecule has 6 nitrogen and oxygen atoms in total. The van der Waals surface area contributed by atoms with Gasteiger partial charge in [-0.1, -0.05) is 29.8 Å². The number of allylic oxidation sites excluding steroid dienone is 1. The summed E-state index contributed by atoms with van der Waals surface area (Å²) in [7, 11) is 0. The van der Waals surface area contributed by atoms with Crippen molar-refractivity contribution in [3.05, 3.63) is 87.1 Å². The van der Waals surface area contributed by atoms with Crippen molar-refractivity contribution < 1.29 is 23.7 Å². The van der Waals surface area contributed by atoms with Gasteiger partial charge in [0.15, 0.2) is 17.3 Å². The average Bonchev–Trinajstić information content (AvgIpc) is 3.43. The molecular formula is C27H22ClNO5. The van der Waals surface area contributed by atoms with Crippen LogP contribution in [0.15, 0.2) is 54.3 Å². The molecular weight excluding hydrogens is 454 g/mol. The van der Waals surface area contributed by atoms with E-state index in [0.29, 0.717) is 41.8 Å². The maximum absolute atomic E-state index is 13.2. The van der Waals surface area contributed by atoms with Crippen molar-refractivity contribution in [1.29, 1.82) is 0 Å². The number of halogens is 1. The average molecular weight is 476 g/mol. The number of ether oxygens (including phenoxy) is 4. The Balaban J connectivity index is 1.25. The van der Waals surface area contributed by atoms with E-state index in [2.05, 4.69) is 4.90 Å². The smallest absolute Gasteiger partial charge is 0.232 e. The summed E-state index contributed by atoms with van der Waals surface area (Å²) in [6.45, 7) is 4.08. The number of aryl methyl sites for hydroxylation is 1. The van der Waals surface area contributed by atoms with Gasteiger partial charge in [0.25, 0.3) is 0 Å². The van der Waals surface area contributed by atoms with Crippen molar-refractivity contribution in [2.45, 2.75) is 19.9 Å². The van der Waals surface area contributed by atoms with E-state index in [0.717, 1.165) is 40.4 Å². The zero-order valence-corrected chi connectivity index (χ0v) is 19.4. The Labute approximate surface area is 202 Å². The fourth-order valence-electron chi connectivity index (χ4n) is 4.51. The Bertz CT molecular complexity index is 1330. The Morgan fingerprint density at radius 2 is 1.82 bits per heavy atom. The van der Waals surface area contributed by atoms with Crippen molar-refractivity contribution >= 4 is 23.5 Å². The van der Waals surface area contributed by atoms with Crippen molar-refractivity contribution in [2.75, 3.05) is 20.1 Å². The van der Waals surface area contributed by atoms with Crippen molar-refractivity contribution in [1.82, 2.24) is 4.90 Å². The molecule has 7 heteroatoms. The highest BCUT2D eigenvalue weighted by molar-refractivity contribution is 6.30. The fourth-order valence-corrected chi connectivity index (χ4v) is 4.64. The van der Waals surface area contributed by atoms with Crippen LogP contribution in [-0.2, 0) is 13.0 Å². The van der Waals surface area contributed by atoms with E-state index in [1.807, 2.05) is 55.5 Å². The van der Waals surface area contributed by atoms with Crippen LogP contribution in [-0.4, -0.2) is 30.8 Å². The molecule has 0 atom stereocenters. The molecule has 172 valence electrons. The molecule has 0 unspecified atom stereocenters. The van der Waals surface area contributed by atoms with Crippen LogP contribution in [0.25, 0.3) is 6.08 Å². The summed E-state index contributed by atoms with van der Waals surface area (Å²) in [5.41, 5.74) is 4.39.